The van der Waals surface area contributed by atoms with Crippen molar-refractivity contribution >= 4 is 45.1 Å². The molecule has 0 spiro atoms. The summed E-state index contributed by atoms with van der Waals surface area (Å²) in [5.41, 5.74) is 0.966. The molecule has 2 aromatic heterocycles. The summed E-state index contributed by atoms with van der Waals surface area (Å²) in [5, 5.41) is 9.76. The smallest absolute Gasteiger partial charge is 0.249 e. The fourth-order valence-electron chi connectivity index (χ4n) is 1.51. The molecule has 0 atom stereocenters. The van der Waals surface area contributed by atoms with Crippen LogP contribution in [0.2, 0.25) is 0 Å². The van der Waals surface area contributed by atoms with Gasteiger partial charge in [0.15, 0.2) is 5.82 Å². The number of rotatable bonds is 3. The van der Waals surface area contributed by atoms with Crippen molar-refractivity contribution < 1.29 is 4.79 Å². The van der Waals surface area contributed by atoms with Gasteiger partial charge in [0.05, 0.1) is 3.79 Å². The third kappa shape index (κ3) is 4.05. The number of H-pyrrole nitrogens is 1. The predicted molar refractivity (Wildman–Crippen MR) is 87.0 cm³/mol. The summed E-state index contributed by atoms with van der Waals surface area (Å²) in [4.78, 5) is 12.8. The summed E-state index contributed by atoms with van der Waals surface area (Å²) in [7, 11) is 0. The van der Waals surface area contributed by atoms with Gasteiger partial charge in [0.1, 0.15) is 0 Å². The maximum absolute atomic E-state index is 11.8. The van der Waals surface area contributed by atoms with Gasteiger partial charge >= 0.3 is 0 Å². The van der Waals surface area contributed by atoms with Crippen molar-refractivity contribution in [3.63, 3.8) is 0 Å². The number of carbonyl (C=O) groups is 1. The van der Waals surface area contributed by atoms with Crippen LogP contribution in [0, 0.1) is 0 Å². The number of carbonyl (C=O) groups excluding carboxylic acids is 1. The highest BCUT2D eigenvalue weighted by atomic mass is 79.9. The molecule has 0 radical (unpaired) electrons. The average molecular weight is 354 g/mol. The fourth-order valence-corrected chi connectivity index (χ4v) is 2.84. The fraction of sp³-hybridized carbons (Fsp3) is 0.286. The van der Waals surface area contributed by atoms with Crippen LogP contribution in [-0.2, 0) is 10.2 Å². The SMILES string of the molecule is CC(C)(C)c1cc(NC(=O)/C=C/c2ccc(Br)s2)n[nH]1. The van der Waals surface area contributed by atoms with Crippen molar-refractivity contribution in [3.05, 3.63) is 38.6 Å². The molecule has 0 saturated heterocycles. The van der Waals surface area contributed by atoms with Crippen LogP contribution in [0.1, 0.15) is 31.3 Å². The molecule has 0 aromatic carbocycles. The highest BCUT2D eigenvalue weighted by molar-refractivity contribution is 9.11. The first-order chi connectivity index (χ1) is 9.34. The molecule has 0 bridgehead atoms. The molecule has 2 N–H and O–H groups in total. The van der Waals surface area contributed by atoms with Gasteiger partial charge in [-0.25, -0.2) is 0 Å². The van der Waals surface area contributed by atoms with Crippen LogP contribution >= 0.6 is 27.3 Å². The molecule has 0 aliphatic rings. The van der Waals surface area contributed by atoms with E-state index >= 15 is 0 Å². The summed E-state index contributed by atoms with van der Waals surface area (Å²) in [6.07, 6.45) is 3.28. The Kier molecular flexibility index (Phi) is 4.45. The number of nitrogens with zero attached hydrogens (tertiary/aromatic N) is 1. The third-order valence-corrected chi connectivity index (χ3v) is 4.22. The Labute approximate surface area is 130 Å². The topological polar surface area (TPSA) is 57.8 Å². The van der Waals surface area contributed by atoms with Crippen LogP contribution in [0.3, 0.4) is 0 Å². The number of thiophene rings is 1. The molecule has 0 saturated carbocycles. The van der Waals surface area contributed by atoms with Crippen LogP contribution in [0.4, 0.5) is 5.82 Å². The number of hydrogen-bond acceptors (Lipinski definition) is 3. The van der Waals surface area contributed by atoms with Gasteiger partial charge in [-0.1, -0.05) is 20.8 Å². The molecule has 2 aromatic rings. The number of aromatic amines is 1. The maximum atomic E-state index is 11.8. The van der Waals surface area contributed by atoms with Crippen LogP contribution < -0.4 is 5.32 Å². The number of anilines is 1. The normalized spacial score (nSPS) is 12.0. The molecule has 20 heavy (non-hydrogen) atoms. The maximum Gasteiger partial charge on any atom is 0.249 e. The summed E-state index contributed by atoms with van der Waals surface area (Å²) in [6, 6.07) is 5.75. The molecule has 6 heteroatoms. The Morgan fingerprint density at radius 1 is 1.45 bits per heavy atom. The van der Waals surface area contributed by atoms with E-state index in [0.717, 1.165) is 14.4 Å². The van der Waals surface area contributed by atoms with E-state index in [1.807, 2.05) is 18.2 Å². The van der Waals surface area contributed by atoms with Crippen LogP contribution in [-0.4, -0.2) is 16.1 Å². The minimum Gasteiger partial charge on any atom is -0.306 e. The third-order valence-electron chi connectivity index (χ3n) is 2.63. The number of halogens is 1. The zero-order chi connectivity index (χ0) is 14.8. The second kappa shape index (κ2) is 5.93. The van der Waals surface area contributed by atoms with Crippen molar-refractivity contribution in [2.75, 3.05) is 5.32 Å². The molecule has 0 aliphatic carbocycles. The first kappa shape index (κ1) is 15.0. The lowest BCUT2D eigenvalue weighted by atomic mass is 9.92. The van der Waals surface area contributed by atoms with Crippen molar-refractivity contribution in [2.24, 2.45) is 0 Å². The lowest BCUT2D eigenvalue weighted by Gasteiger charge is -2.14. The van der Waals surface area contributed by atoms with E-state index in [-0.39, 0.29) is 11.3 Å². The Bertz CT molecular complexity index is 637. The monoisotopic (exact) mass is 353 g/mol. The Morgan fingerprint density at radius 2 is 2.20 bits per heavy atom. The van der Waals surface area contributed by atoms with Crippen LogP contribution in [0.15, 0.2) is 28.1 Å². The van der Waals surface area contributed by atoms with Gasteiger partial charge in [-0.2, -0.15) is 5.10 Å². The molecule has 106 valence electrons. The number of hydrogen-bond donors (Lipinski definition) is 2. The highest BCUT2D eigenvalue weighted by Crippen LogP contribution is 2.23. The van der Waals surface area contributed by atoms with E-state index in [1.54, 1.807) is 17.4 Å². The van der Waals surface area contributed by atoms with E-state index in [2.05, 4.69) is 52.2 Å². The standard InChI is InChI=1S/C14H16BrN3OS/c1-14(2,3)10-8-12(18-17-10)16-13(19)7-5-9-4-6-11(15)20-9/h4-8H,1-3H3,(H2,16,17,18,19)/b7-5+. The van der Waals surface area contributed by atoms with Crippen molar-refractivity contribution in [3.8, 4) is 0 Å². The molecular formula is C14H16BrN3OS. The second-order valence-corrected chi connectivity index (χ2v) is 7.88. The summed E-state index contributed by atoms with van der Waals surface area (Å²) < 4.78 is 1.04. The van der Waals surface area contributed by atoms with E-state index < -0.39 is 0 Å². The van der Waals surface area contributed by atoms with E-state index in [0.29, 0.717) is 5.82 Å². The highest BCUT2D eigenvalue weighted by Gasteiger charge is 2.16. The second-order valence-electron chi connectivity index (χ2n) is 5.38. The average Bonchev–Trinajstić information content (AvgIpc) is 2.95. The summed E-state index contributed by atoms with van der Waals surface area (Å²) in [6.45, 7) is 6.25. The zero-order valence-electron chi connectivity index (χ0n) is 11.5. The van der Waals surface area contributed by atoms with Gasteiger partial charge in [-0.15, -0.1) is 11.3 Å². The van der Waals surface area contributed by atoms with E-state index in [1.165, 1.54) is 6.08 Å². The van der Waals surface area contributed by atoms with Crippen molar-refractivity contribution in [1.29, 1.82) is 0 Å². The first-order valence-corrected chi connectivity index (χ1v) is 7.76. The zero-order valence-corrected chi connectivity index (χ0v) is 13.9. The molecule has 0 aliphatic heterocycles. The summed E-state index contributed by atoms with van der Waals surface area (Å²) >= 11 is 4.96. The van der Waals surface area contributed by atoms with E-state index in [4.69, 9.17) is 0 Å². The number of aromatic nitrogens is 2. The lowest BCUT2D eigenvalue weighted by molar-refractivity contribution is -0.111. The van der Waals surface area contributed by atoms with Crippen molar-refractivity contribution in [2.45, 2.75) is 26.2 Å². The molecule has 2 rings (SSSR count). The molecule has 2 heterocycles. The van der Waals surface area contributed by atoms with Gasteiger partial charge in [-0.05, 0) is 34.1 Å². The van der Waals surface area contributed by atoms with Crippen molar-refractivity contribution in [1.82, 2.24) is 10.2 Å². The quantitative estimate of drug-likeness (QED) is 0.813. The molecular weight excluding hydrogens is 338 g/mol. The van der Waals surface area contributed by atoms with Gasteiger partial charge in [0.2, 0.25) is 5.91 Å². The largest absolute Gasteiger partial charge is 0.306 e. The molecule has 0 fully saturated rings. The Balaban J connectivity index is 1.98. The molecule has 1 amide bonds. The summed E-state index contributed by atoms with van der Waals surface area (Å²) in [5.74, 6) is 0.346. The minimum absolute atomic E-state index is 0.0188. The van der Waals surface area contributed by atoms with Crippen LogP contribution in [0.25, 0.3) is 6.08 Å². The predicted octanol–water partition coefficient (Wildman–Crippen LogP) is 4.18. The van der Waals surface area contributed by atoms with Gasteiger partial charge in [0, 0.05) is 28.1 Å². The van der Waals surface area contributed by atoms with Gasteiger partial charge in [0.25, 0.3) is 0 Å². The number of nitrogens with one attached hydrogen (secondary N) is 2. The first-order valence-electron chi connectivity index (χ1n) is 6.15. The Hall–Kier alpha value is -1.40. The van der Waals surface area contributed by atoms with Crippen LogP contribution in [0.5, 0.6) is 0 Å². The molecule has 0 unspecified atom stereocenters. The minimum atomic E-state index is -0.193. The lowest BCUT2D eigenvalue weighted by Crippen LogP contribution is -2.11. The Morgan fingerprint density at radius 3 is 2.75 bits per heavy atom. The molecule has 4 nitrogen and oxygen atoms in total. The van der Waals surface area contributed by atoms with Gasteiger partial charge < -0.3 is 5.32 Å². The van der Waals surface area contributed by atoms with Gasteiger partial charge in [-0.3, -0.25) is 9.89 Å². The number of amides is 1. The van der Waals surface area contributed by atoms with E-state index in [9.17, 15) is 4.79 Å².